The summed E-state index contributed by atoms with van der Waals surface area (Å²) in [5, 5.41) is 20.0. The van der Waals surface area contributed by atoms with Gasteiger partial charge in [0.1, 0.15) is 0 Å². The van der Waals surface area contributed by atoms with Gasteiger partial charge in [0.25, 0.3) is 0 Å². The second kappa shape index (κ2) is 10.2. The quantitative estimate of drug-likeness (QED) is 0.278. The van der Waals surface area contributed by atoms with Gasteiger partial charge in [0.2, 0.25) is 0 Å². The molecule has 1 heterocycles. The Morgan fingerprint density at radius 1 is 0.871 bits per heavy atom. The van der Waals surface area contributed by atoms with Crippen molar-refractivity contribution in [2.45, 2.75) is 25.3 Å². The highest BCUT2D eigenvalue weighted by atomic mass is 16.4. The summed E-state index contributed by atoms with van der Waals surface area (Å²) in [6, 6.07) is 22.9. The Labute approximate surface area is 182 Å². The Kier molecular flexibility index (Phi) is 6.97. The molecule has 0 spiro atoms. The fraction of sp³-hybridized carbons (Fsp3) is 0.269. The van der Waals surface area contributed by atoms with Crippen LogP contribution < -0.4 is 10.6 Å². The molecule has 0 aliphatic rings. The van der Waals surface area contributed by atoms with Crippen molar-refractivity contribution in [3.8, 4) is 0 Å². The zero-order valence-corrected chi connectivity index (χ0v) is 17.6. The fourth-order valence-corrected chi connectivity index (χ4v) is 4.22. The Balaban J connectivity index is 1.26. The molecular weight excluding hydrogens is 386 g/mol. The number of aliphatic carboxylic acids is 1. The van der Waals surface area contributed by atoms with Gasteiger partial charge >= 0.3 is 5.97 Å². The standard InChI is InChI=1S/C26H29N3O2/c30-26(31)17-22(16-21-18-29-25-11-4-3-10-24(21)25)28-15-14-27-13-12-20-8-5-7-19-6-1-2-9-23(19)20/h1-11,18,22,27-29H,12-17H2,(H,30,31)/t22-/m0/s1. The third kappa shape index (κ3) is 5.51. The van der Waals surface area contributed by atoms with Crippen LogP contribution in [-0.4, -0.2) is 41.7 Å². The molecule has 0 unspecified atom stereocenters. The third-order valence-electron chi connectivity index (χ3n) is 5.75. The van der Waals surface area contributed by atoms with E-state index in [-0.39, 0.29) is 12.5 Å². The predicted molar refractivity (Wildman–Crippen MR) is 127 cm³/mol. The molecule has 0 saturated heterocycles. The number of para-hydroxylation sites is 1. The number of carboxylic acid groups (broad SMARTS) is 1. The number of carbonyl (C=O) groups is 1. The van der Waals surface area contributed by atoms with Crippen molar-refractivity contribution >= 4 is 27.6 Å². The number of hydrogen-bond donors (Lipinski definition) is 4. The molecule has 5 heteroatoms. The highest BCUT2D eigenvalue weighted by Crippen LogP contribution is 2.20. The second-order valence-corrected chi connectivity index (χ2v) is 7.95. The molecule has 0 amide bonds. The van der Waals surface area contributed by atoms with Gasteiger partial charge in [-0.1, -0.05) is 60.7 Å². The van der Waals surface area contributed by atoms with Crippen molar-refractivity contribution in [3.05, 3.63) is 84.1 Å². The second-order valence-electron chi connectivity index (χ2n) is 7.95. The molecule has 1 aromatic heterocycles. The summed E-state index contributed by atoms with van der Waals surface area (Å²) in [5.74, 6) is -0.777. The Hall–Kier alpha value is -3.15. The minimum absolute atomic E-state index is 0.100. The van der Waals surface area contributed by atoms with Crippen molar-refractivity contribution in [1.29, 1.82) is 0 Å². The number of hydrogen-bond acceptors (Lipinski definition) is 3. The van der Waals surface area contributed by atoms with Gasteiger partial charge in [0.05, 0.1) is 6.42 Å². The SMILES string of the molecule is O=C(O)C[C@H](Cc1c[nH]c2ccccc12)NCCNCCc1cccc2ccccc12. The molecule has 0 saturated carbocycles. The molecule has 160 valence electrons. The Morgan fingerprint density at radius 2 is 1.65 bits per heavy atom. The maximum Gasteiger partial charge on any atom is 0.304 e. The smallest absolute Gasteiger partial charge is 0.304 e. The van der Waals surface area contributed by atoms with E-state index in [1.165, 1.54) is 16.3 Å². The van der Waals surface area contributed by atoms with Crippen molar-refractivity contribution in [3.63, 3.8) is 0 Å². The molecule has 0 aliphatic heterocycles. The van der Waals surface area contributed by atoms with E-state index in [9.17, 15) is 9.90 Å². The first-order valence-corrected chi connectivity index (χ1v) is 10.9. The molecule has 5 nitrogen and oxygen atoms in total. The Morgan fingerprint density at radius 3 is 2.52 bits per heavy atom. The normalized spacial score (nSPS) is 12.4. The topological polar surface area (TPSA) is 77.1 Å². The lowest BCUT2D eigenvalue weighted by Gasteiger charge is -2.17. The first-order valence-electron chi connectivity index (χ1n) is 10.9. The van der Waals surface area contributed by atoms with Gasteiger partial charge in [0.15, 0.2) is 0 Å². The van der Waals surface area contributed by atoms with Gasteiger partial charge in [-0.15, -0.1) is 0 Å². The van der Waals surface area contributed by atoms with E-state index >= 15 is 0 Å². The number of carboxylic acids is 1. The summed E-state index contributed by atoms with van der Waals surface area (Å²) >= 11 is 0. The average Bonchev–Trinajstić information content (AvgIpc) is 3.18. The lowest BCUT2D eigenvalue weighted by atomic mass is 10.0. The zero-order valence-electron chi connectivity index (χ0n) is 17.6. The number of benzene rings is 3. The van der Waals surface area contributed by atoms with Crippen LogP contribution in [0.5, 0.6) is 0 Å². The first-order chi connectivity index (χ1) is 15.2. The van der Waals surface area contributed by atoms with Crippen LogP contribution in [0.1, 0.15) is 17.5 Å². The minimum Gasteiger partial charge on any atom is -0.481 e. The third-order valence-corrected chi connectivity index (χ3v) is 5.75. The number of fused-ring (bicyclic) bond motifs is 2. The highest BCUT2D eigenvalue weighted by molar-refractivity contribution is 5.85. The van der Waals surface area contributed by atoms with E-state index in [0.29, 0.717) is 6.42 Å². The number of nitrogens with one attached hydrogen (secondary N) is 3. The van der Waals surface area contributed by atoms with E-state index in [1.807, 2.05) is 24.4 Å². The predicted octanol–water partition coefficient (Wildman–Crippen LogP) is 4.13. The minimum atomic E-state index is -0.777. The summed E-state index contributed by atoms with van der Waals surface area (Å²) < 4.78 is 0. The average molecular weight is 416 g/mol. The van der Waals surface area contributed by atoms with Crippen molar-refractivity contribution < 1.29 is 9.90 Å². The summed E-state index contributed by atoms with van der Waals surface area (Å²) in [6.45, 7) is 2.42. The van der Waals surface area contributed by atoms with E-state index in [1.54, 1.807) is 0 Å². The van der Waals surface area contributed by atoms with Crippen LogP contribution in [0.4, 0.5) is 0 Å². The molecule has 0 fully saturated rings. The van der Waals surface area contributed by atoms with Crippen LogP contribution in [0.2, 0.25) is 0 Å². The van der Waals surface area contributed by atoms with Crippen LogP contribution in [0.15, 0.2) is 72.9 Å². The van der Waals surface area contributed by atoms with Gasteiger partial charge in [-0.2, -0.15) is 0 Å². The lowest BCUT2D eigenvalue weighted by molar-refractivity contribution is -0.137. The monoisotopic (exact) mass is 415 g/mol. The van der Waals surface area contributed by atoms with Crippen molar-refractivity contribution in [2.75, 3.05) is 19.6 Å². The molecule has 0 bridgehead atoms. The Bertz CT molecular complexity index is 1150. The molecule has 4 rings (SSSR count). The van der Waals surface area contributed by atoms with E-state index in [4.69, 9.17) is 0 Å². The van der Waals surface area contributed by atoms with Crippen LogP contribution >= 0.6 is 0 Å². The first kappa shape index (κ1) is 21.1. The number of H-pyrrole nitrogens is 1. The maximum atomic E-state index is 11.3. The van der Waals surface area contributed by atoms with Gasteiger partial charge < -0.3 is 20.7 Å². The molecular formula is C26H29N3O2. The number of aromatic amines is 1. The van der Waals surface area contributed by atoms with Crippen molar-refractivity contribution in [2.24, 2.45) is 0 Å². The van der Waals surface area contributed by atoms with E-state index in [2.05, 4.69) is 64.1 Å². The maximum absolute atomic E-state index is 11.3. The van der Waals surface area contributed by atoms with Gasteiger partial charge in [-0.25, -0.2) is 0 Å². The summed E-state index contributed by atoms with van der Waals surface area (Å²) in [5.41, 5.74) is 3.58. The van der Waals surface area contributed by atoms with Gasteiger partial charge in [-0.05, 0) is 47.4 Å². The van der Waals surface area contributed by atoms with Crippen LogP contribution in [0.3, 0.4) is 0 Å². The zero-order chi connectivity index (χ0) is 21.5. The van der Waals surface area contributed by atoms with Crippen molar-refractivity contribution in [1.82, 2.24) is 15.6 Å². The lowest BCUT2D eigenvalue weighted by Crippen LogP contribution is -2.38. The largest absolute Gasteiger partial charge is 0.481 e. The molecule has 31 heavy (non-hydrogen) atoms. The van der Waals surface area contributed by atoms with Crippen LogP contribution in [0, 0.1) is 0 Å². The fourth-order valence-electron chi connectivity index (χ4n) is 4.22. The van der Waals surface area contributed by atoms with Gasteiger partial charge in [-0.3, -0.25) is 4.79 Å². The van der Waals surface area contributed by atoms with Crippen LogP contribution in [-0.2, 0) is 17.6 Å². The summed E-state index contributed by atoms with van der Waals surface area (Å²) in [6.07, 6.45) is 3.75. The molecule has 3 aromatic carbocycles. The molecule has 4 aromatic rings. The highest BCUT2D eigenvalue weighted by Gasteiger charge is 2.15. The summed E-state index contributed by atoms with van der Waals surface area (Å²) in [7, 11) is 0. The molecule has 0 aliphatic carbocycles. The van der Waals surface area contributed by atoms with E-state index in [0.717, 1.165) is 42.5 Å². The molecule has 4 N–H and O–H groups in total. The summed E-state index contributed by atoms with van der Waals surface area (Å²) in [4.78, 5) is 14.6. The number of rotatable bonds is 11. The molecule has 1 atom stereocenters. The number of aromatic nitrogens is 1. The van der Waals surface area contributed by atoms with E-state index < -0.39 is 5.97 Å². The van der Waals surface area contributed by atoms with Crippen LogP contribution in [0.25, 0.3) is 21.7 Å². The van der Waals surface area contributed by atoms with Gasteiger partial charge in [0, 0.05) is 36.2 Å². The molecule has 0 radical (unpaired) electrons.